The number of para-hydroxylation sites is 1. The summed E-state index contributed by atoms with van der Waals surface area (Å²) in [6, 6.07) is 9.53. The molecule has 1 saturated heterocycles. The van der Waals surface area contributed by atoms with Gasteiger partial charge in [0.05, 0.1) is 11.3 Å². The van der Waals surface area contributed by atoms with Crippen molar-refractivity contribution in [3.63, 3.8) is 0 Å². The lowest BCUT2D eigenvalue weighted by Gasteiger charge is -2.35. The normalized spacial score (nSPS) is 16.1. The van der Waals surface area contributed by atoms with Gasteiger partial charge in [0.25, 0.3) is 0 Å². The fourth-order valence-corrected chi connectivity index (χ4v) is 4.70. The summed E-state index contributed by atoms with van der Waals surface area (Å²) in [6.07, 6.45) is 0. The lowest BCUT2D eigenvalue weighted by Crippen LogP contribution is -2.49. The summed E-state index contributed by atoms with van der Waals surface area (Å²) in [5.74, 6) is 0.310. The van der Waals surface area contributed by atoms with Gasteiger partial charge in [-0.05, 0) is 26.0 Å². The molecule has 1 aliphatic rings. The minimum absolute atomic E-state index is 0.161. The maximum absolute atomic E-state index is 12.8. The van der Waals surface area contributed by atoms with E-state index < -0.39 is 10.0 Å². The minimum Gasteiger partial charge on any atom is -0.368 e. The molecule has 1 fully saturated rings. The molecule has 0 atom stereocenters. The highest BCUT2D eigenvalue weighted by molar-refractivity contribution is 7.89. The molecule has 0 radical (unpaired) electrons. The van der Waals surface area contributed by atoms with E-state index in [2.05, 4.69) is 11.2 Å². The molecule has 0 saturated carbocycles. The van der Waals surface area contributed by atoms with Crippen LogP contribution in [0.5, 0.6) is 0 Å². The van der Waals surface area contributed by atoms with Gasteiger partial charge >= 0.3 is 0 Å². The molecule has 3 rings (SSSR count). The lowest BCUT2D eigenvalue weighted by molar-refractivity contribution is 0.378. The number of anilines is 1. The van der Waals surface area contributed by atoms with Gasteiger partial charge in [-0.25, -0.2) is 8.42 Å². The molecule has 2 aromatic rings. The van der Waals surface area contributed by atoms with Crippen molar-refractivity contribution in [3.05, 3.63) is 41.3 Å². The molecule has 1 aromatic heterocycles. The summed E-state index contributed by atoms with van der Waals surface area (Å²) >= 11 is 0. The third-order valence-corrected chi connectivity index (χ3v) is 6.31. The molecule has 0 bridgehead atoms. The number of nitriles is 1. The number of benzene rings is 1. The zero-order chi connectivity index (χ0) is 17.3. The Morgan fingerprint density at radius 1 is 1.17 bits per heavy atom. The zero-order valence-corrected chi connectivity index (χ0v) is 14.4. The van der Waals surface area contributed by atoms with Crippen molar-refractivity contribution in [2.75, 3.05) is 31.1 Å². The van der Waals surface area contributed by atoms with Gasteiger partial charge in [0, 0.05) is 26.2 Å². The maximum atomic E-state index is 12.8. The fraction of sp³-hybridized carbons (Fsp3) is 0.375. The third kappa shape index (κ3) is 2.77. The van der Waals surface area contributed by atoms with Gasteiger partial charge in [0.1, 0.15) is 16.7 Å². The number of rotatable bonds is 3. The first-order valence-electron chi connectivity index (χ1n) is 7.62. The van der Waals surface area contributed by atoms with Gasteiger partial charge in [-0.15, -0.1) is 0 Å². The quantitative estimate of drug-likeness (QED) is 0.840. The van der Waals surface area contributed by atoms with Crippen LogP contribution in [-0.4, -0.2) is 44.1 Å². The van der Waals surface area contributed by atoms with Crippen molar-refractivity contribution >= 4 is 15.7 Å². The molecule has 1 aromatic carbocycles. The number of aromatic nitrogens is 1. The molecular weight excluding hydrogens is 328 g/mol. The van der Waals surface area contributed by atoms with E-state index in [0.29, 0.717) is 43.2 Å². The molecule has 0 aliphatic carbocycles. The summed E-state index contributed by atoms with van der Waals surface area (Å²) in [7, 11) is -3.62. The Bertz CT molecular complexity index is 871. The molecular formula is C16H18N4O3S. The number of sulfonamides is 1. The highest BCUT2D eigenvalue weighted by Gasteiger charge is 2.33. The predicted octanol–water partition coefficient (Wildman–Crippen LogP) is 1.67. The second-order valence-corrected chi connectivity index (χ2v) is 7.55. The minimum atomic E-state index is -3.62. The fourth-order valence-electron chi connectivity index (χ4n) is 2.99. The summed E-state index contributed by atoms with van der Waals surface area (Å²) in [5, 5.41) is 13.0. The van der Waals surface area contributed by atoms with Crippen LogP contribution in [0, 0.1) is 25.2 Å². The van der Waals surface area contributed by atoms with E-state index in [4.69, 9.17) is 4.52 Å². The van der Waals surface area contributed by atoms with Crippen molar-refractivity contribution in [1.82, 2.24) is 9.46 Å². The topological polar surface area (TPSA) is 90.4 Å². The van der Waals surface area contributed by atoms with Gasteiger partial charge < -0.3 is 9.42 Å². The Labute approximate surface area is 141 Å². The van der Waals surface area contributed by atoms with Gasteiger partial charge in [0.2, 0.25) is 10.0 Å². The highest BCUT2D eigenvalue weighted by atomic mass is 32.2. The van der Waals surface area contributed by atoms with Crippen LogP contribution in [0.2, 0.25) is 0 Å². The van der Waals surface area contributed by atoms with Crippen LogP contribution in [0.15, 0.2) is 33.7 Å². The number of hydrogen-bond acceptors (Lipinski definition) is 6. The van der Waals surface area contributed by atoms with E-state index in [1.54, 1.807) is 19.9 Å². The van der Waals surface area contributed by atoms with Crippen molar-refractivity contribution in [3.8, 4) is 6.07 Å². The molecule has 0 unspecified atom stereocenters. The smallest absolute Gasteiger partial charge is 0.248 e. The van der Waals surface area contributed by atoms with Crippen LogP contribution in [-0.2, 0) is 10.0 Å². The standard InChI is InChI=1S/C16H18N4O3S/c1-12-16(13(2)23-18-12)24(21,22)20-9-7-19(8-10-20)15-6-4-3-5-14(15)11-17/h3-6H,7-10H2,1-2H3. The van der Waals surface area contributed by atoms with Gasteiger partial charge in [-0.3, -0.25) is 0 Å². The first-order chi connectivity index (χ1) is 11.4. The molecule has 1 aliphatic heterocycles. The van der Waals surface area contributed by atoms with E-state index in [-0.39, 0.29) is 4.90 Å². The second-order valence-electron chi connectivity index (χ2n) is 5.67. The van der Waals surface area contributed by atoms with Gasteiger partial charge in [0.15, 0.2) is 5.76 Å². The number of nitrogens with zero attached hydrogens (tertiary/aromatic N) is 4. The van der Waals surface area contributed by atoms with Crippen LogP contribution in [0.25, 0.3) is 0 Å². The Balaban J connectivity index is 1.79. The van der Waals surface area contributed by atoms with E-state index in [9.17, 15) is 13.7 Å². The molecule has 0 N–H and O–H groups in total. The van der Waals surface area contributed by atoms with Crippen LogP contribution in [0.4, 0.5) is 5.69 Å². The van der Waals surface area contributed by atoms with E-state index in [1.165, 1.54) is 4.31 Å². The number of piperazine rings is 1. The summed E-state index contributed by atoms with van der Waals surface area (Å²) in [4.78, 5) is 2.20. The Kier molecular flexibility index (Phi) is 4.30. The molecule has 126 valence electrons. The second kappa shape index (κ2) is 6.26. The first kappa shape index (κ1) is 16.5. The van der Waals surface area contributed by atoms with Crippen LogP contribution >= 0.6 is 0 Å². The van der Waals surface area contributed by atoms with Crippen molar-refractivity contribution in [1.29, 1.82) is 5.26 Å². The molecule has 0 spiro atoms. The van der Waals surface area contributed by atoms with Crippen molar-refractivity contribution in [2.24, 2.45) is 0 Å². The molecule has 2 heterocycles. The van der Waals surface area contributed by atoms with Crippen molar-refractivity contribution < 1.29 is 12.9 Å². The lowest BCUT2D eigenvalue weighted by atomic mass is 10.1. The summed E-state index contributed by atoms with van der Waals surface area (Å²) < 4.78 is 32.1. The molecule has 0 amide bonds. The predicted molar refractivity (Wildman–Crippen MR) is 88.1 cm³/mol. The molecule has 8 heteroatoms. The molecule has 7 nitrogen and oxygen atoms in total. The first-order valence-corrected chi connectivity index (χ1v) is 9.06. The SMILES string of the molecule is Cc1noc(C)c1S(=O)(=O)N1CCN(c2ccccc2C#N)CC1. The number of aryl methyl sites for hydroxylation is 2. The monoisotopic (exact) mass is 346 g/mol. The maximum Gasteiger partial charge on any atom is 0.248 e. The third-order valence-electron chi connectivity index (χ3n) is 4.17. The van der Waals surface area contributed by atoms with Crippen molar-refractivity contribution in [2.45, 2.75) is 18.7 Å². The van der Waals surface area contributed by atoms with Gasteiger partial charge in [-0.1, -0.05) is 17.3 Å². The average molecular weight is 346 g/mol. The van der Waals surface area contributed by atoms with E-state index >= 15 is 0 Å². The zero-order valence-electron chi connectivity index (χ0n) is 13.6. The summed E-state index contributed by atoms with van der Waals surface area (Å²) in [5.41, 5.74) is 1.82. The van der Waals surface area contributed by atoms with E-state index in [0.717, 1.165) is 5.69 Å². The Morgan fingerprint density at radius 2 is 1.83 bits per heavy atom. The average Bonchev–Trinajstić information content (AvgIpc) is 2.94. The van der Waals surface area contributed by atoms with Gasteiger partial charge in [-0.2, -0.15) is 9.57 Å². The summed E-state index contributed by atoms with van der Waals surface area (Å²) in [6.45, 7) is 5.00. The Hall–Kier alpha value is -2.37. The Morgan fingerprint density at radius 3 is 2.42 bits per heavy atom. The number of hydrogen-bond donors (Lipinski definition) is 0. The van der Waals surface area contributed by atoms with Crippen LogP contribution in [0.1, 0.15) is 17.0 Å². The molecule has 24 heavy (non-hydrogen) atoms. The van der Waals surface area contributed by atoms with E-state index in [1.807, 2.05) is 23.1 Å². The van der Waals surface area contributed by atoms with Crippen LogP contribution in [0.3, 0.4) is 0 Å². The highest BCUT2D eigenvalue weighted by Crippen LogP contribution is 2.26. The largest absolute Gasteiger partial charge is 0.368 e. The van der Waals surface area contributed by atoms with Crippen LogP contribution < -0.4 is 4.90 Å².